The maximum atomic E-state index is 12.5. The number of aromatic amines is 1. The van der Waals surface area contributed by atoms with Crippen LogP contribution >= 0.6 is 0 Å². The molecule has 4 heterocycles. The van der Waals surface area contributed by atoms with Gasteiger partial charge in [0.15, 0.2) is 0 Å². The molecule has 4 rings (SSSR count). The average Bonchev–Trinajstić information content (AvgIpc) is 3.16. The minimum absolute atomic E-state index is 0.00561. The van der Waals surface area contributed by atoms with Crippen molar-refractivity contribution in [2.45, 2.75) is 44.6 Å². The summed E-state index contributed by atoms with van der Waals surface area (Å²) in [6.07, 6.45) is 5.93. The fourth-order valence-corrected chi connectivity index (χ4v) is 3.70. The predicted octanol–water partition coefficient (Wildman–Crippen LogP) is 2.03. The van der Waals surface area contributed by atoms with Gasteiger partial charge in [-0.25, -0.2) is 9.97 Å². The molecule has 0 unspecified atom stereocenters. The number of amides is 1. The first kappa shape index (κ1) is 16.2. The van der Waals surface area contributed by atoms with E-state index in [1.54, 1.807) is 12.3 Å². The zero-order valence-corrected chi connectivity index (χ0v) is 14.7. The largest absolute Gasteiger partial charge is 0.368 e. The molecular formula is C18H23N5O2. The van der Waals surface area contributed by atoms with Crippen LogP contribution in [0.3, 0.4) is 0 Å². The number of nitrogens with one attached hydrogen (secondary N) is 1. The van der Waals surface area contributed by atoms with Gasteiger partial charge in [0, 0.05) is 31.4 Å². The van der Waals surface area contributed by atoms with Crippen molar-refractivity contribution in [1.82, 2.24) is 25.1 Å². The fraction of sp³-hybridized carbons (Fsp3) is 0.556. The molecule has 132 valence electrons. The van der Waals surface area contributed by atoms with Crippen molar-refractivity contribution in [2.24, 2.45) is 0 Å². The molecule has 1 saturated heterocycles. The van der Waals surface area contributed by atoms with Crippen LogP contribution in [0.1, 0.15) is 60.2 Å². The minimum Gasteiger partial charge on any atom is -0.368 e. The van der Waals surface area contributed by atoms with E-state index in [0.29, 0.717) is 25.4 Å². The lowest BCUT2D eigenvalue weighted by Gasteiger charge is -2.44. The Morgan fingerprint density at radius 2 is 2.16 bits per heavy atom. The first-order valence-corrected chi connectivity index (χ1v) is 8.88. The van der Waals surface area contributed by atoms with E-state index in [0.717, 1.165) is 30.8 Å². The molecule has 1 spiro atoms. The SMILES string of the molecule is CC(C)c1ncc2c(n1)C1(CCN(C(=O)c3ccn[nH]3)CC1)OCC2. The van der Waals surface area contributed by atoms with Gasteiger partial charge in [0.2, 0.25) is 0 Å². The molecule has 1 amide bonds. The number of fused-ring (bicyclic) bond motifs is 2. The predicted molar refractivity (Wildman–Crippen MR) is 91.2 cm³/mol. The number of hydrogen-bond acceptors (Lipinski definition) is 5. The zero-order valence-electron chi connectivity index (χ0n) is 14.7. The summed E-state index contributed by atoms with van der Waals surface area (Å²) in [5, 5.41) is 6.61. The Morgan fingerprint density at radius 1 is 1.36 bits per heavy atom. The molecule has 2 aromatic rings. The second kappa shape index (κ2) is 6.22. The number of hydrogen-bond donors (Lipinski definition) is 1. The summed E-state index contributed by atoms with van der Waals surface area (Å²) in [6.45, 7) is 6.19. The Kier molecular flexibility index (Phi) is 4.03. The van der Waals surface area contributed by atoms with E-state index in [2.05, 4.69) is 29.0 Å². The Bertz CT molecular complexity index is 764. The third-order valence-corrected chi connectivity index (χ3v) is 5.17. The van der Waals surface area contributed by atoms with Crippen LogP contribution in [0.15, 0.2) is 18.5 Å². The van der Waals surface area contributed by atoms with E-state index in [9.17, 15) is 4.79 Å². The van der Waals surface area contributed by atoms with E-state index >= 15 is 0 Å². The van der Waals surface area contributed by atoms with Gasteiger partial charge in [0.05, 0.1) is 12.3 Å². The number of H-pyrrole nitrogens is 1. The van der Waals surface area contributed by atoms with Gasteiger partial charge in [-0.1, -0.05) is 13.8 Å². The number of nitrogens with zero attached hydrogens (tertiary/aromatic N) is 4. The summed E-state index contributed by atoms with van der Waals surface area (Å²) >= 11 is 0. The van der Waals surface area contributed by atoms with Crippen LogP contribution in [0.5, 0.6) is 0 Å². The molecule has 0 aromatic carbocycles. The lowest BCUT2D eigenvalue weighted by atomic mass is 9.83. The van der Waals surface area contributed by atoms with Crippen LogP contribution < -0.4 is 0 Å². The van der Waals surface area contributed by atoms with Crippen molar-refractivity contribution in [2.75, 3.05) is 19.7 Å². The second-order valence-electron chi connectivity index (χ2n) is 7.11. The van der Waals surface area contributed by atoms with Crippen LogP contribution in [0, 0.1) is 0 Å². The smallest absolute Gasteiger partial charge is 0.271 e. The molecule has 0 bridgehead atoms. The monoisotopic (exact) mass is 341 g/mol. The Labute approximate surface area is 146 Å². The van der Waals surface area contributed by atoms with Crippen LogP contribution in [0.4, 0.5) is 0 Å². The van der Waals surface area contributed by atoms with E-state index < -0.39 is 0 Å². The summed E-state index contributed by atoms with van der Waals surface area (Å²) in [4.78, 5) is 23.7. The zero-order chi connectivity index (χ0) is 17.4. The standard InChI is InChI=1S/C18H23N5O2/c1-12(2)16-19-11-13-4-10-25-18(15(13)21-16)5-8-23(9-6-18)17(24)14-3-7-20-22-14/h3,7,11-12H,4-6,8-10H2,1-2H3,(H,20,22). The third-order valence-electron chi connectivity index (χ3n) is 5.17. The van der Waals surface area contributed by atoms with Crippen molar-refractivity contribution in [3.05, 3.63) is 41.2 Å². The minimum atomic E-state index is -0.384. The first-order valence-electron chi connectivity index (χ1n) is 8.88. The van der Waals surface area contributed by atoms with Gasteiger partial charge in [-0.3, -0.25) is 9.89 Å². The molecule has 25 heavy (non-hydrogen) atoms. The van der Waals surface area contributed by atoms with Crippen molar-refractivity contribution in [3.8, 4) is 0 Å². The summed E-state index contributed by atoms with van der Waals surface area (Å²) in [5.74, 6) is 1.14. The maximum absolute atomic E-state index is 12.5. The lowest BCUT2D eigenvalue weighted by molar-refractivity contribution is -0.0969. The fourth-order valence-electron chi connectivity index (χ4n) is 3.70. The quantitative estimate of drug-likeness (QED) is 0.903. The highest BCUT2D eigenvalue weighted by Crippen LogP contribution is 2.40. The van der Waals surface area contributed by atoms with Crippen LogP contribution in [0.25, 0.3) is 0 Å². The molecular weight excluding hydrogens is 318 g/mol. The number of rotatable bonds is 2. The Morgan fingerprint density at radius 3 is 2.84 bits per heavy atom. The van der Waals surface area contributed by atoms with Crippen LogP contribution in [-0.2, 0) is 16.8 Å². The molecule has 2 aliphatic heterocycles. The normalized spacial score (nSPS) is 19.2. The van der Waals surface area contributed by atoms with E-state index in [1.165, 1.54) is 5.56 Å². The van der Waals surface area contributed by atoms with Crippen molar-refractivity contribution in [3.63, 3.8) is 0 Å². The molecule has 0 saturated carbocycles. The van der Waals surface area contributed by atoms with Crippen LogP contribution in [0.2, 0.25) is 0 Å². The molecule has 2 aliphatic rings. The van der Waals surface area contributed by atoms with Gasteiger partial charge in [-0.15, -0.1) is 0 Å². The summed E-state index contributed by atoms with van der Waals surface area (Å²) in [6, 6.07) is 1.71. The number of likely N-dealkylation sites (tertiary alicyclic amines) is 1. The highest BCUT2D eigenvalue weighted by atomic mass is 16.5. The molecule has 0 radical (unpaired) electrons. The number of ether oxygens (including phenoxy) is 1. The first-order chi connectivity index (χ1) is 12.1. The highest BCUT2D eigenvalue weighted by molar-refractivity contribution is 5.92. The Balaban J connectivity index is 1.57. The van der Waals surface area contributed by atoms with E-state index in [-0.39, 0.29) is 17.4 Å². The van der Waals surface area contributed by atoms with Gasteiger partial charge in [0.1, 0.15) is 17.1 Å². The number of carbonyl (C=O) groups is 1. The molecule has 2 aromatic heterocycles. The number of aromatic nitrogens is 4. The van der Waals surface area contributed by atoms with Gasteiger partial charge >= 0.3 is 0 Å². The lowest BCUT2D eigenvalue weighted by Crippen LogP contribution is -2.49. The third kappa shape index (κ3) is 2.82. The molecule has 0 aliphatic carbocycles. The topological polar surface area (TPSA) is 84.0 Å². The van der Waals surface area contributed by atoms with E-state index in [1.807, 2.05) is 11.1 Å². The summed E-state index contributed by atoms with van der Waals surface area (Å²) in [5.41, 5.74) is 2.37. The second-order valence-corrected chi connectivity index (χ2v) is 7.11. The highest BCUT2D eigenvalue weighted by Gasteiger charge is 2.43. The van der Waals surface area contributed by atoms with Crippen molar-refractivity contribution >= 4 is 5.91 Å². The van der Waals surface area contributed by atoms with Gasteiger partial charge < -0.3 is 9.64 Å². The van der Waals surface area contributed by atoms with E-state index in [4.69, 9.17) is 9.72 Å². The van der Waals surface area contributed by atoms with Gasteiger partial charge in [-0.2, -0.15) is 5.10 Å². The number of carbonyl (C=O) groups excluding carboxylic acids is 1. The molecule has 1 fully saturated rings. The van der Waals surface area contributed by atoms with Gasteiger partial charge in [-0.05, 0) is 30.9 Å². The summed E-state index contributed by atoms with van der Waals surface area (Å²) in [7, 11) is 0. The van der Waals surface area contributed by atoms with Crippen LogP contribution in [-0.4, -0.2) is 50.7 Å². The number of piperidine rings is 1. The Hall–Kier alpha value is -2.28. The summed E-state index contributed by atoms with van der Waals surface area (Å²) < 4.78 is 6.24. The van der Waals surface area contributed by atoms with Gasteiger partial charge in [0.25, 0.3) is 5.91 Å². The molecule has 7 nitrogen and oxygen atoms in total. The maximum Gasteiger partial charge on any atom is 0.271 e. The van der Waals surface area contributed by atoms with Crippen molar-refractivity contribution in [1.29, 1.82) is 0 Å². The molecule has 0 atom stereocenters. The average molecular weight is 341 g/mol. The molecule has 1 N–H and O–H groups in total. The molecule has 7 heteroatoms. The van der Waals surface area contributed by atoms with Crippen molar-refractivity contribution < 1.29 is 9.53 Å².